The SMILES string of the molecule is N=C(N)c1ccc(CC(=O)C(=O)O)c(OC[C@@H](N)Cc2ccc(OC3CCNCC3)cc2)c1. The van der Waals surface area contributed by atoms with Crippen molar-refractivity contribution >= 4 is 17.6 Å². The zero-order valence-electron chi connectivity index (χ0n) is 18.4. The molecule has 7 N–H and O–H groups in total. The summed E-state index contributed by atoms with van der Waals surface area (Å²) in [5, 5.41) is 19.8. The number of nitrogens with one attached hydrogen (secondary N) is 2. The number of rotatable bonds is 11. The van der Waals surface area contributed by atoms with Crippen LogP contribution in [0.15, 0.2) is 42.5 Å². The Bertz CT molecular complexity index is 987. The molecule has 0 spiro atoms. The number of ketones is 1. The van der Waals surface area contributed by atoms with E-state index in [1.165, 1.54) is 6.07 Å². The maximum atomic E-state index is 11.7. The van der Waals surface area contributed by atoms with Crippen LogP contribution >= 0.6 is 0 Å². The normalized spacial score (nSPS) is 14.9. The van der Waals surface area contributed by atoms with E-state index >= 15 is 0 Å². The summed E-state index contributed by atoms with van der Waals surface area (Å²) in [5.74, 6) is -1.50. The lowest BCUT2D eigenvalue weighted by Gasteiger charge is -2.24. The van der Waals surface area contributed by atoms with Crippen LogP contribution in [0.4, 0.5) is 0 Å². The summed E-state index contributed by atoms with van der Waals surface area (Å²) in [6.07, 6.45) is 2.46. The highest BCUT2D eigenvalue weighted by atomic mass is 16.5. The predicted octanol–water partition coefficient (Wildman–Crippen LogP) is 1.25. The summed E-state index contributed by atoms with van der Waals surface area (Å²) >= 11 is 0. The summed E-state index contributed by atoms with van der Waals surface area (Å²) in [5.41, 5.74) is 13.6. The Hall–Kier alpha value is -3.43. The number of piperidine rings is 1. The minimum atomic E-state index is -1.51. The van der Waals surface area contributed by atoms with Crippen molar-refractivity contribution in [2.75, 3.05) is 19.7 Å². The summed E-state index contributed by atoms with van der Waals surface area (Å²) in [7, 11) is 0. The molecule has 33 heavy (non-hydrogen) atoms. The van der Waals surface area contributed by atoms with Gasteiger partial charge in [0.05, 0.1) is 0 Å². The number of benzene rings is 2. The van der Waals surface area contributed by atoms with Crippen molar-refractivity contribution in [2.45, 2.75) is 37.8 Å². The number of nitrogens with two attached hydrogens (primary N) is 2. The number of ether oxygens (including phenoxy) is 2. The molecule has 9 nitrogen and oxygen atoms in total. The van der Waals surface area contributed by atoms with E-state index < -0.39 is 11.8 Å². The summed E-state index contributed by atoms with van der Waals surface area (Å²) in [6.45, 7) is 2.08. The topological polar surface area (TPSA) is 161 Å². The molecule has 3 rings (SSSR count). The predicted molar refractivity (Wildman–Crippen MR) is 124 cm³/mol. The largest absolute Gasteiger partial charge is 0.492 e. The van der Waals surface area contributed by atoms with Gasteiger partial charge in [-0.2, -0.15) is 0 Å². The summed E-state index contributed by atoms with van der Waals surface area (Å²) in [4.78, 5) is 22.6. The number of Topliss-reactive ketones (excluding diaryl/α,β-unsaturated/α-hetero) is 1. The molecule has 1 aliphatic rings. The number of carbonyl (C=O) groups is 2. The van der Waals surface area contributed by atoms with Gasteiger partial charge in [-0.25, -0.2) is 4.79 Å². The lowest BCUT2D eigenvalue weighted by Crippen LogP contribution is -2.34. The molecule has 176 valence electrons. The Morgan fingerprint density at radius 1 is 1.15 bits per heavy atom. The van der Waals surface area contributed by atoms with Crippen molar-refractivity contribution in [3.63, 3.8) is 0 Å². The maximum absolute atomic E-state index is 11.7. The van der Waals surface area contributed by atoms with Crippen molar-refractivity contribution in [3.8, 4) is 11.5 Å². The third-order valence-corrected chi connectivity index (χ3v) is 5.43. The average molecular weight is 455 g/mol. The lowest BCUT2D eigenvalue weighted by molar-refractivity contribution is -0.148. The highest BCUT2D eigenvalue weighted by molar-refractivity contribution is 6.33. The van der Waals surface area contributed by atoms with Crippen LogP contribution in [-0.4, -0.2) is 54.5 Å². The fourth-order valence-corrected chi connectivity index (χ4v) is 3.62. The Morgan fingerprint density at radius 3 is 2.48 bits per heavy atom. The second kappa shape index (κ2) is 11.4. The number of hydrogen-bond donors (Lipinski definition) is 5. The van der Waals surface area contributed by atoms with Crippen LogP contribution in [0, 0.1) is 5.41 Å². The lowest BCUT2D eigenvalue weighted by atomic mass is 10.0. The molecule has 2 aromatic carbocycles. The second-order valence-electron chi connectivity index (χ2n) is 8.13. The van der Waals surface area contributed by atoms with E-state index in [0.29, 0.717) is 23.3 Å². The van der Waals surface area contributed by atoms with Crippen LogP contribution in [0.5, 0.6) is 11.5 Å². The quantitative estimate of drug-likeness (QED) is 0.193. The highest BCUT2D eigenvalue weighted by Crippen LogP contribution is 2.22. The summed E-state index contributed by atoms with van der Waals surface area (Å²) in [6, 6.07) is 12.1. The first-order valence-electron chi connectivity index (χ1n) is 10.9. The molecule has 1 atom stereocenters. The van der Waals surface area contributed by atoms with E-state index in [-0.39, 0.29) is 31.0 Å². The molecule has 0 saturated carbocycles. The Labute approximate surface area is 192 Å². The molecule has 0 bridgehead atoms. The molecule has 1 fully saturated rings. The standard InChI is InChI=1S/C24H30N4O5/c25-18(11-15-1-5-19(6-2-15)33-20-7-9-28-10-8-20)14-32-22-13-17(23(26)27)4-3-16(22)12-21(29)24(30)31/h1-6,13,18,20,28H,7-12,14,25H2,(H3,26,27)(H,30,31)/t18-/m0/s1. The Balaban J connectivity index is 1.58. The van der Waals surface area contributed by atoms with Crippen LogP contribution in [0.25, 0.3) is 0 Å². The minimum Gasteiger partial charge on any atom is -0.492 e. The molecule has 1 heterocycles. The molecule has 2 aromatic rings. The van der Waals surface area contributed by atoms with E-state index in [1.54, 1.807) is 12.1 Å². The average Bonchev–Trinajstić information content (AvgIpc) is 2.80. The van der Waals surface area contributed by atoms with Gasteiger partial charge in [0.15, 0.2) is 0 Å². The van der Waals surface area contributed by atoms with Gasteiger partial charge in [0.2, 0.25) is 5.78 Å². The number of amidine groups is 1. The number of carboxylic acids is 1. The van der Waals surface area contributed by atoms with Crippen molar-refractivity contribution in [1.29, 1.82) is 5.41 Å². The molecule has 9 heteroatoms. The van der Waals surface area contributed by atoms with Crippen molar-refractivity contribution in [3.05, 3.63) is 59.2 Å². The molecule has 0 unspecified atom stereocenters. The van der Waals surface area contributed by atoms with Gasteiger partial charge in [-0.15, -0.1) is 0 Å². The van der Waals surface area contributed by atoms with Crippen LogP contribution < -0.4 is 26.3 Å². The van der Waals surface area contributed by atoms with E-state index in [4.69, 9.17) is 31.5 Å². The van der Waals surface area contributed by atoms with E-state index in [1.807, 2.05) is 24.3 Å². The molecular weight excluding hydrogens is 424 g/mol. The zero-order valence-corrected chi connectivity index (χ0v) is 18.4. The van der Waals surface area contributed by atoms with Crippen LogP contribution in [0.3, 0.4) is 0 Å². The van der Waals surface area contributed by atoms with Gasteiger partial charge < -0.3 is 31.4 Å². The Kier molecular flexibility index (Phi) is 8.39. The second-order valence-corrected chi connectivity index (χ2v) is 8.13. The first-order chi connectivity index (χ1) is 15.8. The molecule has 0 aromatic heterocycles. The molecule has 0 radical (unpaired) electrons. The first kappa shape index (κ1) is 24.2. The smallest absolute Gasteiger partial charge is 0.372 e. The maximum Gasteiger partial charge on any atom is 0.372 e. The van der Waals surface area contributed by atoms with Crippen molar-refractivity contribution in [1.82, 2.24) is 5.32 Å². The van der Waals surface area contributed by atoms with Gasteiger partial charge in [0, 0.05) is 23.6 Å². The van der Waals surface area contributed by atoms with E-state index in [9.17, 15) is 9.59 Å². The minimum absolute atomic E-state index is 0.142. The highest BCUT2D eigenvalue weighted by Gasteiger charge is 2.18. The van der Waals surface area contributed by atoms with Gasteiger partial charge >= 0.3 is 5.97 Å². The van der Waals surface area contributed by atoms with Gasteiger partial charge in [-0.05, 0) is 56.1 Å². The molecule has 1 saturated heterocycles. The summed E-state index contributed by atoms with van der Waals surface area (Å²) < 4.78 is 11.8. The number of carboxylic acid groups (broad SMARTS) is 1. The fraction of sp³-hybridized carbons (Fsp3) is 0.375. The van der Waals surface area contributed by atoms with Gasteiger partial charge in [0.25, 0.3) is 0 Å². The van der Waals surface area contributed by atoms with Gasteiger partial charge in [0.1, 0.15) is 30.0 Å². The third kappa shape index (κ3) is 7.30. The first-order valence-corrected chi connectivity index (χ1v) is 10.9. The van der Waals surface area contributed by atoms with Crippen LogP contribution in [0.1, 0.15) is 29.5 Å². The van der Waals surface area contributed by atoms with E-state index in [0.717, 1.165) is 37.2 Å². The molecular formula is C24H30N4O5. The van der Waals surface area contributed by atoms with Gasteiger partial charge in [-0.3, -0.25) is 10.2 Å². The number of nitrogen functional groups attached to an aromatic ring is 1. The number of aliphatic carboxylic acids is 1. The van der Waals surface area contributed by atoms with Crippen molar-refractivity contribution in [2.24, 2.45) is 11.5 Å². The van der Waals surface area contributed by atoms with Crippen LogP contribution in [0.2, 0.25) is 0 Å². The Morgan fingerprint density at radius 2 is 1.85 bits per heavy atom. The molecule has 0 aliphatic carbocycles. The fourth-order valence-electron chi connectivity index (χ4n) is 3.62. The number of carbonyl (C=O) groups excluding carboxylic acids is 1. The van der Waals surface area contributed by atoms with Crippen LogP contribution in [-0.2, 0) is 22.4 Å². The van der Waals surface area contributed by atoms with Crippen molar-refractivity contribution < 1.29 is 24.2 Å². The number of hydrogen-bond acceptors (Lipinski definition) is 7. The zero-order chi connectivity index (χ0) is 23.8. The van der Waals surface area contributed by atoms with Gasteiger partial charge in [-0.1, -0.05) is 24.3 Å². The molecule has 0 amide bonds. The van der Waals surface area contributed by atoms with E-state index in [2.05, 4.69) is 5.32 Å². The monoisotopic (exact) mass is 454 g/mol. The third-order valence-electron chi connectivity index (χ3n) is 5.43. The molecule has 1 aliphatic heterocycles.